The maximum absolute atomic E-state index is 13.3. The standard InChI is InChI=1S/C20H24N2O3S/c1-13-8-10-22(11-9-13)20(24)17-14-5-2-3-7-16(14)26-19(17)21-18(23)15-6-4-12-25-15/h4,6,12-13H,2-3,5,7-11H2,1H3,(H,21,23). The van der Waals surface area contributed by atoms with Gasteiger partial charge in [-0.3, -0.25) is 9.59 Å². The van der Waals surface area contributed by atoms with Crippen molar-refractivity contribution < 1.29 is 14.0 Å². The van der Waals surface area contributed by atoms with E-state index >= 15 is 0 Å². The van der Waals surface area contributed by atoms with Crippen LogP contribution in [-0.4, -0.2) is 29.8 Å². The fraction of sp³-hybridized carbons (Fsp3) is 0.500. The van der Waals surface area contributed by atoms with Crippen LogP contribution in [0.25, 0.3) is 0 Å². The molecular weight excluding hydrogens is 348 g/mol. The summed E-state index contributed by atoms with van der Waals surface area (Å²) in [6, 6.07) is 3.33. The highest BCUT2D eigenvalue weighted by atomic mass is 32.1. The van der Waals surface area contributed by atoms with Gasteiger partial charge < -0.3 is 14.6 Å². The van der Waals surface area contributed by atoms with Crippen molar-refractivity contribution in [3.05, 3.63) is 40.2 Å². The minimum atomic E-state index is -0.296. The summed E-state index contributed by atoms with van der Waals surface area (Å²) in [6.45, 7) is 3.84. The zero-order chi connectivity index (χ0) is 18.1. The summed E-state index contributed by atoms with van der Waals surface area (Å²) in [5, 5.41) is 3.62. The minimum absolute atomic E-state index is 0.0750. The molecule has 4 rings (SSSR count). The van der Waals surface area contributed by atoms with Crippen LogP contribution in [0.4, 0.5) is 5.00 Å². The van der Waals surface area contributed by atoms with Crippen molar-refractivity contribution in [3.8, 4) is 0 Å². The molecule has 1 aliphatic heterocycles. The van der Waals surface area contributed by atoms with Gasteiger partial charge in [-0.2, -0.15) is 0 Å². The second-order valence-electron chi connectivity index (χ2n) is 7.32. The average molecular weight is 372 g/mol. The van der Waals surface area contributed by atoms with Gasteiger partial charge in [0.2, 0.25) is 0 Å². The van der Waals surface area contributed by atoms with E-state index in [-0.39, 0.29) is 17.6 Å². The number of carbonyl (C=O) groups is 2. The molecule has 0 saturated carbocycles. The van der Waals surface area contributed by atoms with E-state index in [1.165, 1.54) is 11.1 Å². The number of hydrogen-bond acceptors (Lipinski definition) is 4. The number of thiophene rings is 1. The Morgan fingerprint density at radius 1 is 1.23 bits per heavy atom. The van der Waals surface area contributed by atoms with Gasteiger partial charge in [-0.25, -0.2) is 0 Å². The predicted molar refractivity (Wildman–Crippen MR) is 102 cm³/mol. The largest absolute Gasteiger partial charge is 0.459 e. The van der Waals surface area contributed by atoms with Crippen LogP contribution in [0, 0.1) is 5.92 Å². The lowest BCUT2D eigenvalue weighted by atomic mass is 9.93. The van der Waals surface area contributed by atoms with E-state index in [2.05, 4.69) is 12.2 Å². The lowest BCUT2D eigenvalue weighted by Crippen LogP contribution is -2.38. The molecule has 1 aliphatic carbocycles. The Hall–Kier alpha value is -2.08. The molecule has 6 heteroatoms. The minimum Gasteiger partial charge on any atom is -0.459 e. The number of likely N-dealkylation sites (tertiary alicyclic amines) is 1. The molecule has 0 spiro atoms. The molecule has 0 radical (unpaired) electrons. The maximum Gasteiger partial charge on any atom is 0.291 e. The Morgan fingerprint density at radius 3 is 2.73 bits per heavy atom. The van der Waals surface area contributed by atoms with Gasteiger partial charge in [0.15, 0.2) is 5.76 Å². The molecule has 2 aromatic heterocycles. The smallest absolute Gasteiger partial charge is 0.291 e. The molecule has 0 atom stereocenters. The highest BCUT2D eigenvalue weighted by molar-refractivity contribution is 7.17. The van der Waals surface area contributed by atoms with E-state index in [9.17, 15) is 9.59 Å². The number of aryl methyl sites for hydroxylation is 1. The number of nitrogens with one attached hydrogen (secondary N) is 1. The van der Waals surface area contributed by atoms with Crippen LogP contribution < -0.4 is 5.32 Å². The fourth-order valence-electron chi connectivity index (χ4n) is 3.82. The van der Waals surface area contributed by atoms with Crippen LogP contribution in [0.3, 0.4) is 0 Å². The molecule has 2 aromatic rings. The Morgan fingerprint density at radius 2 is 2.00 bits per heavy atom. The zero-order valence-corrected chi connectivity index (χ0v) is 15.9. The van der Waals surface area contributed by atoms with E-state index in [0.29, 0.717) is 10.9 Å². The number of rotatable bonds is 3. The molecule has 3 heterocycles. The van der Waals surface area contributed by atoms with Crippen molar-refractivity contribution in [3.63, 3.8) is 0 Å². The molecule has 0 aromatic carbocycles. The first-order chi connectivity index (χ1) is 12.6. The van der Waals surface area contributed by atoms with Crippen LogP contribution in [0.15, 0.2) is 22.8 Å². The Balaban J connectivity index is 1.64. The topological polar surface area (TPSA) is 62.6 Å². The summed E-state index contributed by atoms with van der Waals surface area (Å²) in [6.07, 6.45) is 7.75. The molecule has 1 saturated heterocycles. The molecular formula is C20H24N2O3S. The van der Waals surface area contributed by atoms with Crippen molar-refractivity contribution in [2.45, 2.75) is 45.4 Å². The number of hydrogen-bond donors (Lipinski definition) is 1. The van der Waals surface area contributed by atoms with Gasteiger partial charge in [0.05, 0.1) is 11.8 Å². The van der Waals surface area contributed by atoms with Crippen LogP contribution in [0.1, 0.15) is 64.0 Å². The van der Waals surface area contributed by atoms with Crippen molar-refractivity contribution in [1.29, 1.82) is 0 Å². The van der Waals surface area contributed by atoms with E-state index in [1.807, 2.05) is 4.90 Å². The first kappa shape index (κ1) is 17.3. The van der Waals surface area contributed by atoms with Gasteiger partial charge in [0, 0.05) is 18.0 Å². The number of nitrogens with zero attached hydrogens (tertiary/aromatic N) is 1. The third kappa shape index (κ3) is 3.30. The Kier molecular flexibility index (Phi) is 4.85. The van der Waals surface area contributed by atoms with Crippen molar-refractivity contribution >= 4 is 28.2 Å². The monoisotopic (exact) mass is 372 g/mol. The quantitative estimate of drug-likeness (QED) is 0.871. The van der Waals surface area contributed by atoms with Crippen LogP contribution in [0.2, 0.25) is 0 Å². The van der Waals surface area contributed by atoms with Gasteiger partial charge >= 0.3 is 0 Å². The Bertz CT molecular complexity index is 801. The maximum atomic E-state index is 13.3. The number of amides is 2. The lowest BCUT2D eigenvalue weighted by Gasteiger charge is -2.31. The summed E-state index contributed by atoms with van der Waals surface area (Å²) in [4.78, 5) is 29.0. The molecule has 2 amide bonds. The van der Waals surface area contributed by atoms with Crippen LogP contribution in [0.5, 0.6) is 0 Å². The van der Waals surface area contributed by atoms with E-state index in [4.69, 9.17) is 4.42 Å². The number of furan rings is 1. The van der Waals surface area contributed by atoms with Gasteiger partial charge in [0.25, 0.3) is 11.8 Å². The molecule has 1 fully saturated rings. The van der Waals surface area contributed by atoms with Gasteiger partial charge in [-0.15, -0.1) is 11.3 Å². The molecule has 1 N–H and O–H groups in total. The Labute approximate surface area is 157 Å². The van der Waals surface area contributed by atoms with E-state index in [1.54, 1.807) is 23.5 Å². The van der Waals surface area contributed by atoms with Gasteiger partial charge in [-0.05, 0) is 62.1 Å². The molecule has 0 unspecified atom stereocenters. The average Bonchev–Trinajstić information content (AvgIpc) is 3.29. The molecule has 26 heavy (non-hydrogen) atoms. The normalized spacial score (nSPS) is 17.8. The third-order valence-electron chi connectivity index (χ3n) is 5.43. The highest BCUT2D eigenvalue weighted by Crippen LogP contribution is 2.39. The summed E-state index contributed by atoms with van der Waals surface area (Å²) in [7, 11) is 0. The van der Waals surface area contributed by atoms with Crippen molar-refractivity contribution in [2.24, 2.45) is 5.92 Å². The highest BCUT2D eigenvalue weighted by Gasteiger charge is 2.31. The lowest BCUT2D eigenvalue weighted by molar-refractivity contribution is 0.0697. The van der Waals surface area contributed by atoms with Crippen LogP contribution in [-0.2, 0) is 12.8 Å². The van der Waals surface area contributed by atoms with Crippen molar-refractivity contribution in [2.75, 3.05) is 18.4 Å². The third-order valence-corrected chi connectivity index (χ3v) is 6.64. The number of anilines is 1. The first-order valence-electron chi connectivity index (χ1n) is 9.42. The van der Waals surface area contributed by atoms with Crippen molar-refractivity contribution in [1.82, 2.24) is 4.90 Å². The second kappa shape index (κ2) is 7.27. The first-order valence-corrected chi connectivity index (χ1v) is 10.2. The summed E-state index contributed by atoms with van der Waals surface area (Å²) < 4.78 is 5.20. The molecule has 5 nitrogen and oxygen atoms in total. The van der Waals surface area contributed by atoms with E-state index in [0.717, 1.165) is 62.7 Å². The summed E-state index contributed by atoms with van der Waals surface area (Å²) in [5.41, 5.74) is 1.87. The summed E-state index contributed by atoms with van der Waals surface area (Å²) >= 11 is 1.56. The summed E-state index contributed by atoms with van der Waals surface area (Å²) in [5.74, 6) is 0.719. The fourth-order valence-corrected chi connectivity index (χ4v) is 5.10. The molecule has 0 bridgehead atoms. The number of carbonyl (C=O) groups excluding carboxylic acids is 2. The second-order valence-corrected chi connectivity index (χ2v) is 8.43. The predicted octanol–water partition coefficient (Wildman–Crippen LogP) is 4.34. The van der Waals surface area contributed by atoms with Crippen LogP contribution >= 0.6 is 11.3 Å². The zero-order valence-electron chi connectivity index (χ0n) is 15.0. The van der Waals surface area contributed by atoms with Gasteiger partial charge in [-0.1, -0.05) is 6.92 Å². The van der Waals surface area contributed by atoms with Gasteiger partial charge in [0.1, 0.15) is 5.00 Å². The molecule has 138 valence electrons. The number of piperidine rings is 1. The van der Waals surface area contributed by atoms with E-state index < -0.39 is 0 Å². The SMILES string of the molecule is CC1CCN(C(=O)c2c(NC(=O)c3ccco3)sc3c2CCCC3)CC1. The molecule has 2 aliphatic rings. The number of fused-ring (bicyclic) bond motifs is 1.